The highest BCUT2D eigenvalue weighted by Gasteiger charge is 2.49. The second kappa shape index (κ2) is 8.01. The van der Waals surface area contributed by atoms with Crippen LogP contribution in [0, 0.1) is 0 Å². The second-order valence-electron chi connectivity index (χ2n) is 8.68. The fourth-order valence-electron chi connectivity index (χ4n) is 5.20. The highest BCUT2D eigenvalue weighted by molar-refractivity contribution is 5.98. The van der Waals surface area contributed by atoms with E-state index in [-0.39, 0.29) is 24.4 Å². The number of hydrogen-bond donors (Lipinski definition) is 1. The third-order valence-corrected chi connectivity index (χ3v) is 6.93. The molecule has 2 aromatic carbocycles. The van der Waals surface area contributed by atoms with Crippen molar-refractivity contribution in [2.24, 2.45) is 0 Å². The van der Waals surface area contributed by atoms with Crippen molar-refractivity contribution in [3.8, 4) is 5.75 Å². The van der Waals surface area contributed by atoms with E-state index in [1.54, 1.807) is 9.80 Å². The molecule has 1 aromatic heterocycles. The number of piperazine rings is 1. The first-order valence-corrected chi connectivity index (χ1v) is 11.5. The molecule has 0 bridgehead atoms. The molecule has 5 rings (SSSR count). The fraction of sp³-hybridized carbons (Fsp3) is 0.385. The molecule has 0 unspecified atom stereocenters. The van der Waals surface area contributed by atoms with Gasteiger partial charge in [-0.05, 0) is 38.0 Å². The lowest BCUT2D eigenvalue weighted by Gasteiger charge is -2.48. The average Bonchev–Trinajstić information content (AvgIpc) is 3.19. The number of carbonyl (C=O) groups excluding carboxylic acids is 2. The van der Waals surface area contributed by atoms with Crippen LogP contribution >= 0.6 is 0 Å². The molecule has 0 spiro atoms. The molecule has 0 saturated carbocycles. The van der Waals surface area contributed by atoms with E-state index < -0.39 is 12.1 Å². The van der Waals surface area contributed by atoms with Crippen LogP contribution in [0.25, 0.3) is 10.9 Å². The largest absolute Gasteiger partial charge is 0.494 e. The molecule has 1 fully saturated rings. The highest BCUT2D eigenvalue weighted by Crippen LogP contribution is 2.45. The summed E-state index contributed by atoms with van der Waals surface area (Å²) in [4.78, 5) is 34.3. The molecular weight excluding hydrogens is 402 g/mol. The number of aromatic nitrogens is 1. The third-order valence-electron chi connectivity index (χ3n) is 6.93. The van der Waals surface area contributed by atoms with Gasteiger partial charge in [-0.25, -0.2) is 0 Å². The molecule has 3 aromatic rings. The maximum Gasteiger partial charge on any atom is 0.246 e. The van der Waals surface area contributed by atoms with Crippen LogP contribution in [0.5, 0.6) is 5.75 Å². The number of ether oxygens (including phenoxy) is 1. The van der Waals surface area contributed by atoms with Crippen molar-refractivity contribution in [3.63, 3.8) is 0 Å². The summed E-state index contributed by atoms with van der Waals surface area (Å²) in [6, 6.07) is 15.1. The summed E-state index contributed by atoms with van der Waals surface area (Å²) in [6.07, 6.45) is 1.34. The maximum atomic E-state index is 13.7. The minimum Gasteiger partial charge on any atom is -0.494 e. The van der Waals surface area contributed by atoms with Crippen LogP contribution < -0.4 is 4.74 Å². The summed E-state index contributed by atoms with van der Waals surface area (Å²) in [5.41, 5.74) is 4.03. The van der Waals surface area contributed by atoms with Crippen LogP contribution in [0.3, 0.4) is 0 Å². The topological polar surface area (TPSA) is 65.6 Å². The molecule has 2 aliphatic heterocycles. The van der Waals surface area contributed by atoms with Crippen LogP contribution in [-0.2, 0) is 16.0 Å². The first-order chi connectivity index (χ1) is 15.5. The molecule has 2 amide bonds. The van der Waals surface area contributed by atoms with Crippen LogP contribution in [0.1, 0.15) is 50.1 Å². The summed E-state index contributed by atoms with van der Waals surface area (Å²) in [5.74, 6) is 0.763. The Bertz CT molecular complexity index is 1180. The number of nitrogens with one attached hydrogen (secondary N) is 1. The molecule has 2 aliphatic rings. The van der Waals surface area contributed by atoms with Gasteiger partial charge in [0.05, 0.1) is 6.61 Å². The third kappa shape index (κ3) is 3.08. The van der Waals surface area contributed by atoms with Gasteiger partial charge in [-0.2, -0.15) is 0 Å². The van der Waals surface area contributed by atoms with Crippen molar-refractivity contribution >= 4 is 22.7 Å². The van der Waals surface area contributed by atoms with Crippen LogP contribution in [0.4, 0.5) is 0 Å². The number of rotatable bonds is 5. The van der Waals surface area contributed by atoms with E-state index in [1.807, 2.05) is 56.3 Å². The summed E-state index contributed by atoms with van der Waals surface area (Å²) >= 11 is 0. The van der Waals surface area contributed by atoms with E-state index in [0.717, 1.165) is 39.9 Å². The predicted octanol–water partition coefficient (Wildman–Crippen LogP) is 4.05. The first kappa shape index (κ1) is 20.6. The molecule has 0 radical (unpaired) electrons. The van der Waals surface area contributed by atoms with Crippen LogP contribution in [-0.4, -0.2) is 51.8 Å². The van der Waals surface area contributed by atoms with Crippen molar-refractivity contribution in [1.29, 1.82) is 0 Å². The lowest BCUT2D eigenvalue weighted by molar-refractivity contribution is -0.160. The Morgan fingerprint density at radius 2 is 1.84 bits per heavy atom. The SMILES string of the molecule is CCOc1ccccc1[C@@H]1c2[nH]c3ccccc3c2C[C@H]2C(=O)N([C@@H](C)CC)CC(=O)N12. The van der Waals surface area contributed by atoms with Gasteiger partial charge in [-0.15, -0.1) is 0 Å². The van der Waals surface area contributed by atoms with Gasteiger partial charge in [0.25, 0.3) is 0 Å². The number of hydrogen-bond acceptors (Lipinski definition) is 3. The van der Waals surface area contributed by atoms with E-state index in [1.165, 1.54) is 0 Å². The van der Waals surface area contributed by atoms with Gasteiger partial charge in [0.1, 0.15) is 24.4 Å². The van der Waals surface area contributed by atoms with Gasteiger partial charge in [-0.3, -0.25) is 9.59 Å². The Kier molecular flexibility index (Phi) is 5.16. The lowest BCUT2D eigenvalue weighted by atomic mass is 9.85. The predicted molar refractivity (Wildman–Crippen MR) is 124 cm³/mol. The van der Waals surface area contributed by atoms with Gasteiger partial charge >= 0.3 is 0 Å². The number of amides is 2. The zero-order valence-corrected chi connectivity index (χ0v) is 18.8. The van der Waals surface area contributed by atoms with Gasteiger partial charge in [0.15, 0.2) is 0 Å². The van der Waals surface area contributed by atoms with Gasteiger partial charge in [0.2, 0.25) is 11.8 Å². The van der Waals surface area contributed by atoms with Crippen molar-refractivity contribution in [2.75, 3.05) is 13.2 Å². The molecule has 166 valence electrons. The van der Waals surface area contributed by atoms with Crippen molar-refractivity contribution in [3.05, 3.63) is 65.4 Å². The summed E-state index contributed by atoms with van der Waals surface area (Å²) in [6.45, 7) is 6.67. The minimum absolute atomic E-state index is 0.0180. The number of benzene rings is 2. The summed E-state index contributed by atoms with van der Waals surface area (Å²) < 4.78 is 5.95. The Balaban J connectivity index is 1.72. The molecule has 1 saturated heterocycles. The number of para-hydroxylation sites is 2. The van der Waals surface area contributed by atoms with E-state index in [4.69, 9.17) is 4.74 Å². The zero-order chi connectivity index (χ0) is 22.4. The number of fused-ring (bicyclic) bond motifs is 4. The lowest BCUT2D eigenvalue weighted by Crippen LogP contribution is -2.64. The quantitative estimate of drug-likeness (QED) is 0.663. The van der Waals surface area contributed by atoms with E-state index in [0.29, 0.717) is 13.0 Å². The van der Waals surface area contributed by atoms with Crippen molar-refractivity contribution in [1.82, 2.24) is 14.8 Å². The maximum absolute atomic E-state index is 13.7. The van der Waals surface area contributed by atoms with E-state index in [2.05, 4.69) is 18.0 Å². The van der Waals surface area contributed by atoms with Crippen LogP contribution in [0.15, 0.2) is 48.5 Å². The number of carbonyl (C=O) groups is 2. The minimum atomic E-state index is -0.517. The van der Waals surface area contributed by atoms with E-state index in [9.17, 15) is 9.59 Å². The molecule has 3 atom stereocenters. The highest BCUT2D eigenvalue weighted by atomic mass is 16.5. The molecule has 6 nitrogen and oxygen atoms in total. The molecule has 0 aliphatic carbocycles. The van der Waals surface area contributed by atoms with E-state index >= 15 is 0 Å². The van der Waals surface area contributed by atoms with Gasteiger partial charge < -0.3 is 19.5 Å². The van der Waals surface area contributed by atoms with Crippen molar-refractivity contribution < 1.29 is 14.3 Å². The monoisotopic (exact) mass is 431 g/mol. The summed E-state index contributed by atoms with van der Waals surface area (Å²) in [7, 11) is 0. The zero-order valence-electron chi connectivity index (χ0n) is 18.8. The van der Waals surface area contributed by atoms with Crippen LogP contribution in [0.2, 0.25) is 0 Å². The first-order valence-electron chi connectivity index (χ1n) is 11.5. The average molecular weight is 432 g/mol. The van der Waals surface area contributed by atoms with Gasteiger partial charge in [-0.1, -0.05) is 43.3 Å². The van der Waals surface area contributed by atoms with Gasteiger partial charge in [0, 0.05) is 34.6 Å². The number of H-pyrrole nitrogens is 1. The molecule has 1 N–H and O–H groups in total. The Hall–Kier alpha value is -3.28. The Morgan fingerprint density at radius 3 is 2.62 bits per heavy atom. The smallest absolute Gasteiger partial charge is 0.246 e. The summed E-state index contributed by atoms with van der Waals surface area (Å²) in [5, 5.41) is 1.11. The Labute approximate surface area is 188 Å². The standard InChI is InChI=1S/C26H29N3O3/c1-4-16(3)28-15-23(30)29-21(26(28)31)14-19-17-10-6-8-12-20(17)27-24(19)25(29)18-11-7-9-13-22(18)32-5-2/h6-13,16,21,25,27H,4-5,14-15H2,1-3H3/t16-,21-,25+/m0/s1. The Morgan fingerprint density at radius 1 is 1.09 bits per heavy atom. The normalized spacial score (nSPS) is 21.5. The van der Waals surface area contributed by atoms with Crippen molar-refractivity contribution in [2.45, 2.75) is 51.7 Å². The molecular formula is C26H29N3O3. The second-order valence-corrected chi connectivity index (χ2v) is 8.68. The number of aromatic amines is 1. The fourth-order valence-corrected chi connectivity index (χ4v) is 5.20. The molecule has 32 heavy (non-hydrogen) atoms. The molecule has 6 heteroatoms. The molecule has 3 heterocycles. The number of nitrogens with zero attached hydrogens (tertiary/aromatic N) is 2.